The van der Waals surface area contributed by atoms with Crippen molar-refractivity contribution in [1.29, 1.82) is 0 Å². The van der Waals surface area contributed by atoms with Crippen LogP contribution in [0.15, 0.2) is 35.4 Å². The zero-order valence-electron chi connectivity index (χ0n) is 11.5. The lowest BCUT2D eigenvalue weighted by molar-refractivity contribution is 0.0572. The van der Waals surface area contributed by atoms with Gasteiger partial charge in [0, 0.05) is 24.7 Å². The molecule has 1 aliphatic rings. The minimum absolute atomic E-state index is 0.0981. The van der Waals surface area contributed by atoms with Crippen molar-refractivity contribution in [2.24, 2.45) is 0 Å². The Labute approximate surface area is 122 Å². The molecule has 1 aromatic heterocycles. The number of aryl methyl sites for hydroxylation is 1. The fourth-order valence-electron chi connectivity index (χ4n) is 2.58. The fourth-order valence-corrected chi connectivity index (χ4v) is 4.24. The van der Waals surface area contributed by atoms with Crippen molar-refractivity contribution < 1.29 is 18.6 Å². The molecule has 0 aliphatic carbocycles. The summed E-state index contributed by atoms with van der Waals surface area (Å²) < 4.78 is 26.6. The van der Waals surface area contributed by atoms with Gasteiger partial charge in [-0.1, -0.05) is 6.07 Å². The Balaban J connectivity index is 2.14. The van der Waals surface area contributed by atoms with Crippen molar-refractivity contribution in [3.05, 3.63) is 36.0 Å². The molecule has 1 saturated heterocycles. The number of β-amino-alcohol motifs (C(OH)–C–C–N with tert-alkyl or cyclic N) is 2. The summed E-state index contributed by atoms with van der Waals surface area (Å²) in [6.45, 7) is 1.67. The highest BCUT2D eigenvalue weighted by atomic mass is 32.2. The lowest BCUT2D eigenvalue weighted by atomic mass is 10.1. The largest absolute Gasteiger partial charge is 0.389 e. The van der Waals surface area contributed by atoms with E-state index in [0.717, 1.165) is 9.87 Å². The van der Waals surface area contributed by atoms with Crippen molar-refractivity contribution in [1.82, 2.24) is 9.29 Å². The maximum absolute atomic E-state index is 12.7. The molecule has 0 radical (unpaired) electrons. The number of hydrogen-bond donors (Lipinski definition) is 2. The predicted molar refractivity (Wildman–Crippen MR) is 77.3 cm³/mol. The van der Waals surface area contributed by atoms with Gasteiger partial charge in [0.2, 0.25) is 10.0 Å². The average molecular weight is 308 g/mol. The lowest BCUT2D eigenvalue weighted by Crippen LogP contribution is -2.30. The zero-order valence-corrected chi connectivity index (χ0v) is 12.3. The van der Waals surface area contributed by atoms with E-state index in [1.807, 2.05) is 6.92 Å². The normalized spacial score (nSPS) is 23.8. The summed E-state index contributed by atoms with van der Waals surface area (Å²) in [7, 11) is -3.77. The minimum Gasteiger partial charge on any atom is -0.389 e. The summed E-state index contributed by atoms with van der Waals surface area (Å²) >= 11 is 0. The van der Waals surface area contributed by atoms with Crippen LogP contribution in [0.5, 0.6) is 0 Å². The Bertz CT molecular complexity index is 781. The second-order valence-electron chi connectivity index (χ2n) is 5.24. The van der Waals surface area contributed by atoms with E-state index < -0.39 is 22.2 Å². The highest BCUT2D eigenvalue weighted by molar-refractivity contribution is 7.89. The van der Waals surface area contributed by atoms with Gasteiger partial charge in [0.1, 0.15) is 0 Å². The number of aliphatic hydroxyl groups excluding tert-OH is 2. The first-order valence-electron chi connectivity index (χ1n) is 6.62. The van der Waals surface area contributed by atoms with E-state index in [1.165, 1.54) is 0 Å². The van der Waals surface area contributed by atoms with E-state index >= 15 is 0 Å². The van der Waals surface area contributed by atoms with Crippen molar-refractivity contribution in [2.45, 2.75) is 24.0 Å². The SMILES string of the molecule is Cc1ccc(S(=O)(=O)N2CC(O)C(O)C2)c2cccnc12. The first kappa shape index (κ1) is 14.4. The van der Waals surface area contributed by atoms with E-state index in [1.54, 1.807) is 30.5 Å². The molecule has 112 valence electrons. The minimum atomic E-state index is -3.77. The lowest BCUT2D eigenvalue weighted by Gasteiger charge is -2.17. The predicted octanol–water partition coefficient (Wildman–Crippen LogP) is 0.269. The van der Waals surface area contributed by atoms with Gasteiger partial charge in [0.15, 0.2) is 0 Å². The molecule has 0 spiro atoms. The summed E-state index contributed by atoms with van der Waals surface area (Å²) in [5.41, 5.74) is 1.53. The Morgan fingerprint density at radius 2 is 1.86 bits per heavy atom. The van der Waals surface area contributed by atoms with Crippen molar-refractivity contribution in [2.75, 3.05) is 13.1 Å². The van der Waals surface area contributed by atoms with Crippen molar-refractivity contribution in [3.8, 4) is 0 Å². The van der Waals surface area contributed by atoms with Gasteiger partial charge in [-0.25, -0.2) is 8.42 Å². The monoisotopic (exact) mass is 308 g/mol. The molecule has 1 aliphatic heterocycles. The molecular weight excluding hydrogens is 292 g/mol. The van der Waals surface area contributed by atoms with Crippen LogP contribution >= 0.6 is 0 Å². The number of nitrogens with zero attached hydrogens (tertiary/aromatic N) is 2. The maximum atomic E-state index is 12.7. The number of fused-ring (bicyclic) bond motifs is 1. The van der Waals surface area contributed by atoms with Crippen LogP contribution in [0.25, 0.3) is 10.9 Å². The van der Waals surface area contributed by atoms with Crippen LogP contribution in [0.4, 0.5) is 0 Å². The number of aliphatic hydroxyl groups is 2. The van der Waals surface area contributed by atoms with E-state index in [-0.39, 0.29) is 18.0 Å². The second kappa shape index (κ2) is 5.03. The van der Waals surface area contributed by atoms with Crippen LogP contribution < -0.4 is 0 Å². The Morgan fingerprint density at radius 1 is 1.19 bits per heavy atom. The zero-order chi connectivity index (χ0) is 15.2. The van der Waals surface area contributed by atoms with Gasteiger partial charge in [-0.15, -0.1) is 0 Å². The molecule has 21 heavy (non-hydrogen) atoms. The average Bonchev–Trinajstić information content (AvgIpc) is 2.80. The van der Waals surface area contributed by atoms with Gasteiger partial charge >= 0.3 is 0 Å². The molecule has 1 aromatic carbocycles. The van der Waals surface area contributed by atoms with E-state index in [2.05, 4.69) is 4.98 Å². The van der Waals surface area contributed by atoms with Gasteiger partial charge < -0.3 is 10.2 Å². The Kier molecular flexibility index (Phi) is 3.45. The van der Waals surface area contributed by atoms with Crippen LogP contribution in [0, 0.1) is 6.92 Å². The number of aromatic nitrogens is 1. The maximum Gasteiger partial charge on any atom is 0.243 e. The molecule has 2 aromatic rings. The third kappa shape index (κ3) is 2.32. The highest BCUT2D eigenvalue weighted by Crippen LogP contribution is 2.28. The van der Waals surface area contributed by atoms with E-state index in [0.29, 0.717) is 10.9 Å². The highest BCUT2D eigenvalue weighted by Gasteiger charge is 2.38. The Hall–Kier alpha value is -1.54. The number of hydrogen-bond acceptors (Lipinski definition) is 5. The summed E-state index contributed by atoms with van der Waals surface area (Å²) in [5, 5.41) is 19.7. The van der Waals surface area contributed by atoms with Crippen LogP contribution in [0.2, 0.25) is 0 Å². The first-order valence-corrected chi connectivity index (χ1v) is 8.06. The van der Waals surface area contributed by atoms with Crippen molar-refractivity contribution >= 4 is 20.9 Å². The molecule has 6 nitrogen and oxygen atoms in total. The molecule has 3 rings (SSSR count). The second-order valence-corrected chi connectivity index (χ2v) is 7.14. The van der Waals surface area contributed by atoms with Gasteiger partial charge in [0.25, 0.3) is 0 Å². The molecular formula is C14H16N2O4S. The topological polar surface area (TPSA) is 90.7 Å². The summed E-state index contributed by atoms with van der Waals surface area (Å²) in [6.07, 6.45) is -0.473. The molecule has 2 heterocycles. The van der Waals surface area contributed by atoms with Gasteiger partial charge in [-0.2, -0.15) is 4.31 Å². The molecule has 0 amide bonds. The number of benzene rings is 1. The van der Waals surface area contributed by atoms with Crippen LogP contribution in [-0.2, 0) is 10.0 Å². The van der Waals surface area contributed by atoms with Crippen LogP contribution in [-0.4, -0.2) is 53.2 Å². The summed E-state index contributed by atoms with van der Waals surface area (Å²) in [6, 6.07) is 6.66. The van der Waals surface area contributed by atoms with E-state index in [4.69, 9.17) is 0 Å². The number of pyridine rings is 1. The van der Waals surface area contributed by atoms with E-state index in [9.17, 15) is 18.6 Å². The summed E-state index contributed by atoms with van der Waals surface area (Å²) in [5.74, 6) is 0. The molecule has 1 fully saturated rings. The third-order valence-corrected chi connectivity index (χ3v) is 5.66. The molecule has 0 saturated carbocycles. The summed E-state index contributed by atoms with van der Waals surface area (Å²) in [4.78, 5) is 4.38. The number of sulfonamides is 1. The molecule has 2 unspecified atom stereocenters. The molecule has 7 heteroatoms. The standard InChI is InChI=1S/C14H16N2O4S/c1-9-4-5-13(10-3-2-6-15-14(9)10)21(19,20)16-7-11(17)12(18)8-16/h2-6,11-12,17-18H,7-8H2,1H3. The van der Waals surface area contributed by atoms with Crippen LogP contribution in [0.3, 0.4) is 0 Å². The van der Waals surface area contributed by atoms with Crippen LogP contribution in [0.1, 0.15) is 5.56 Å². The van der Waals surface area contributed by atoms with Gasteiger partial charge in [0.05, 0.1) is 22.6 Å². The first-order chi connectivity index (χ1) is 9.91. The smallest absolute Gasteiger partial charge is 0.243 e. The quantitative estimate of drug-likeness (QED) is 0.831. The molecule has 2 atom stereocenters. The molecule has 0 bridgehead atoms. The van der Waals surface area contributed by atoms with Gasteiger partial charge in [-0.05, 0) is 30.7 Å². The fraction of sp³-hybridized carbons (Fsp3) is 0.357. The third-order valence-electron chi connectivity index (χ3n) is 3.77. The molecule has 2 N–H and O–H groups in total. The number of rotatable bonds is 2. The van der Waals surface area contributed by atoms with Crippen molar-refractivity contribution in [3.63, 3.8) is 0 Å². The van der Waals surface area contributed by atoms with Gasteiger partial charge in [-0.3, -0.25) is 4.98 Å². The Morgan fingerprint density at radius 3 is 2.52 bits per heavy atom.